The number of carbonyl (C=O) groups excluding carboxylic acids is 1. The van der Waals surface area contributed by atoms with Gasteiger partial charge in [0, 0.05) is 18.7 Å². The van der Waals surface area contributed by atoms with Crippen LogP contribution in [0.3, 0.4) is 0 Å². The maximum Gasteiger partial charge on any atom is 0.227 e. The Morgan fingerprint density at radius 3 is 2.52 bits per heavy atom. The van der Waals surface area contributed by atoms with Crippen molar-refractivity contribution < 1.29 is 9.18 Å². The number of hydrogen-bond donors (Lipinski definition) is 0. The molecule has 0 spiro atoms. The highest BCUT2D eigenvalue weighted by Crippen LogP contribution is 2.24. The summed E-state index contributed by atoms with van der Waals surface area (Å²) in [6.07, 6.45) is 2.91. The van der Waals surface area contributed by atoms with Gasteiger partial charge in [-0.05, 0) is 42.5 Å². The zero-order valence-corrected chi connectivity index (χ0v) is 11.9. The van der Waals surface area contributed by atoms with Gasteiger partial charge in [0.15, 0.2) is 0 Å². The molecule has 3 heteroatoms. The normalized spacial score (nSPS) is 14.7. The molecule has 108 valence electrons. The summed E-state index contributed by atoms with van der Waals surface area (Å²) in [6.45, 7) is 0.696. The van der Waals surface area contributed by atoms with Gasteiger partial charge in [0.05, 0.1) is 0 Å². The first-order valence-corrected chi connectivity index (χ1v) is 7.37. The van der Waals surface area contributed by atoms with E-state index in [2.05, 4.69) is 12.1 Å². The van der Waals surface area contributed by atoms with Crippen LogP contribution in [0.15, 0.2) is 48.5 Å². The number of anilines is 1. The molecule has 0 aliphatic carbocycles. The van der Waals surface area contributed by atoms with Crippen molar-refractivity contribution in [2.75, 3.05) is 11.4 Å². The molecule has 1 saturated heterocycles. The standard InChI is InChI=1S/C18H18FNO/c19-17-13-16(20-12-4-7-18(20)21)11-10-15(17)9-8-14-5-2-1-3-6-14/h1-3,5-6,10-11,13H,4,7-9,12H2. The van der Waals surface area contributed by atoms with Crippen LogP contribution in [0, 0.1) is 5.82 Å². The summed E-state index contributed by atoms with van der Waals surface area (Å²) in [7, 11) is 0. The number of halogens is 1. The molecule has 1 fully saturated rings. The predicted octanol–water partition coefficient (Wildman–Crippen LogP) is 3.74. The van der Waals surface area contributed by atoms with Crippen molar-refractivity contribution >= 4 is 11.6 Å². The Morgan fingerprint density at radius 1 is 1.05 bits per heavy atom. The Bertz CT molecular complexity index is 639. The smallest absolute Gasteiger partial charge is 0.227 e. The number of carbonyl (C=O) groups is 1. The molecule has 1 aliphatic heterocycles. The molecule has 1 heterocycles. The predicted molar refractivity (Wildman–Crippen MR) is 81.8 cm³/mol. The van der Waals surface area contributed by atoms with E-state index in [0.29, 0.717) is 30.6 Å². The number of aryl methyl sites for hydroxylation is 2. The minimum absolute atomic E-state index is 0.0893. The molecular weight excluding hydrogens is 265 g/mol. The number of rotatable bonds is 4. The third kappa shape index (κ3) is 3.13. The highest BCUT2D eigenvalue weighted by Gasteiger charge is 2.22. The Morgan fingerprint density at radius 2 is 1.86 bits per heavy atom. The highest BCUT2D eigenvalue weighted by molar-refractivity contribution is 5.95. The zero-order valence-electron chi connectivity index (χ0n) is 11.9. The molecule has 1 amide bonds. The molecule has 0 unspecified atom stereocenters. The van der Waals surface area contributed by atoms with Gasteiger partial charge in [-0.15, -0.1) is 0 Å². The van der Waals surface area contributed by atoms with E-state index in [9.17, 15) is 9.18 Å². The van der Waals surface area contributed by atoms with Gasteiger partial charge in [-0.2, -0.15) is 0 Å². The first-order valence-electron chi connectivity index (χ1n) is 7.37. The molecule has 0 N–H and O–H groups in total. The van der Waals surface area contributed by atoms with Crippen LogP contribution >= 0.6 is 0 Å². The Hall–Kier alpha value is -2.16. The van der Waals surface area contributed by atoms with Crippen molar-refractivity contribution in [1.29, 1.82) is 0 Å². The fraction of sp³-hybridized carbons (Fsp3) is 0.278. The van der Waals surface area contributed by atoms with E-state index in [4.69, 9.17) is 0 Å². The summed E-state index contributed by atoms with van der Waals surface area (Å²) >= 11 is 0. The van der Waals surface area contributed by atoms with Crippen molar-refractivity contribution in [3.63, 3.8) is 0 Å². The van der Waals surface area contributed by atoms with Crippen LogP contribution in [0.4, 0.5) is 10.1 Å². The Balaban J connectivity index is 1.71. The van der Waals surface area contributed by atoms with Crippen LogP contribution < -0.4 is 4.90 Å². The molecule has 0 bridgehead atoms. The highest BCUT2D eigenvalue weighted by atomic mass is 19.1. The van der Waals surface area contributed by atoms with Gasteiger partial charge in [0.1, 0.15) is 5.82 Å². The topological polar surface area (TPSA) is 20.3 Å². The average molecular weight is 283 g/mol. The van der Waals surface area contributed by atoms with Crippen LogP contribution in [-0.2, 0) is 17.6 Å². The van der Waals surface area contributed by atoms with E-state index in [-0.39, 0.29) is 11.7 Å². The first-order chi connectivity index (χ1) is 10.2. The van der Waals surface area contributed by atoms with Crippen molar-refractivity contribution in [3.05, 3.63) is 65.5 Å². The second kappa shape index (κ2) is 6.08. The van der Waals surface area contributed by atoms with Gasteiger partial charge >= 0.3 is 0 Å². The van der Waals surface area contributed by atoms with Crippen LogP contribution in [-0.4, -0.2) is 12.5 Å². The summed E-state index contributed by atoms with van der Waals surface area (Å²) in [5.41, 5.74) is 2.59. The second-order valence-corrected chi connectivity index (χ2v) is 5.41. The maximum absolute atomic E-state index is 14.2. The monoisotopic (exact) mass is 283 g/mol. The van der Waals surface area contributed by atoms with Crippen molar-refractivity contribution in [2.45, 2.75) is 25.7 Å². The molecule has 2 aromatic rings. The lowest BCUT2D eigenvalue weighted by molar-refractivity contribution is -0.117. The lowest BCUT2D eigenvalue weighted by atomic mass is 10.0. The SMILES string of the molecule is O=C1CCCN1c1ccc(CCc2ccccc2)c(F)c1. The summed E-state index contributed by atoms with van der Waals surface area (Å²) in [5, 5.41) is 0. The van der Waals surface area contributed by atoms with Crippen molar-refractivity contribution in [1.82, 2.24) is 0 Å². The fourth-order valence-corrected chi connectivity index (χ4v) is 2.75. The number of nitrogens with zero attached hydrogens (tertiary/aromatic N) is 1. The fourth-order valence-electron chi connectivity index (χ4n) is 2.75. The maximum atomic E-state index is 14.2. The quantitative estimate of drug-likeness (QED) is 0.837. The Kier molecular flexibility index (Phi) is 4.00. The minimum atomic E-state index is -0.219. The zero-order chi connectivity index (χ0) is 14.7. The molecule has 0 atom stereocenters. The molecule has 0 aromatic heterocycles. The van der Waals surface area contributed by atoms with E-state index >= 15 is 0 Å². The van der Waals surface area contributed by atoms with Crippen molar-refractivity contribution in [3.8, 4) is 0 Å². The van der Waals surface area contributed by atoms with Crippen LogP contribution in [0.25, 0.3) is 0 Å². The average Bonchev–Trinajstić information content (AvgIpc) is 2.93. The number of benzene rings is 2. The molecule has 1 aliphatic rings. The largest absolute Gasteiger partial charge is 0.312 e. The molecule has 2 nitrogen and oxygen atoms in total. The first kappa shape index (κ1) is 13.8. The van der Waals surface area contributed by atoms with Gasteiger partial charge in [-0.25, -0.2) is 4.39 Å². The van der Waals surface area contributed by atoms with E-state index in [1.165, 1.54) is 11.6 Å². The molecule has 3 rings (SSSR count). The van der Waals surface area contributed by atoms with Gasteiger partial charge in [-0.3, -0.25) is 4.79 Å². The van der Waals surface area contributed by atoms with E-state index in [1.807, 2.05) is 24.3 Å². The van der Waals surface area contributed by atoms with Crippen molar-refractivity contribution in [2.24, 2.45) is 0 Å². The van der Waals surface area contributed by atoms with Crippen LogP contribution in [0.5, 0.6) is 0 Å². The molecule has 0 radical (unpaired) electrons. The third-order valence-corrected chi connectivity index (χ3v) is 3.95. The number of hydrogen-bond acceptors (Lipinski definition) is 1. The van der Waals surface area contributed by atoms with Gasteiger partial charge in [0.2, 0.25) is 5.91 Å². The summed E-state index contributed by atoms with van der Waals surface area (Å²) in [6, 6.07) is 15.2. The summed E-state index contributed by atoms with van der Waals surface area (Å²) in [5.74, 6) is -0.130. The second-order valence-electron chi connectivity index (χ2n) is 5.41. The molecule has 0 saturated carbocycles. The van der Waals surface area contributed by atoms with Gasteiger partial charge < -0.3 is 4.90 Å². The van der Waals surface area contributed by atoms with E-state index < -0.39 is 0 Å². The van der Waals surface area contributed by atoms with Gasteiger partial charge in [-0.1, -0.05) is 36.4 Å². The lowest BCUT2D eigenvalue weighted by Gasteiger charge is -2.16. The van der Waals surface area contributed by atoms with E-state index in [1.54, 1.807) is 11.0 Å². The number of amides is 1. The summed E-state index contributed by atoms with van der Waals surface area (Å²) < 4.78 is 14.2. The summed E-state index contributed by atoms with van der Waals surface area (Å²) in [4.78, 5) is 13.4. The third-order valence-electron chi connectivity index (χ3n) is 3.95. The molecular formula is C18H18FNO. The lowest BCUT2D eigenvalue weighted by Crippen LogP contribution is -2.23. The minimum Gasteiger partial charge on any atom is -0.312 e. The molecule has 21 heavy (non-hydrogen) atoms. The van der Waals surface area contributed by atoms with Gasteiger partial charge in [0.25, 0.3) is 0 Å². The van der Waals surface area contributed by atoms with Crippen LogP contribution in [0.2, 0.25) is 0 Å². The Labute approximate surface area is 124 Å². The van der Waals surface area contributed by atoms with E-state index in [0.717, 1.165) is 12.8 Å². The van der Waals surface area contributed by atoms with Crippen LogP contribution in [0.1, 0.15) is 24.0 Å². The molecule has 2 aromatic carbocycles.